The molecule has 0 radical (unpaired) electrons. The minimum absolute atomic E-state index is 0.109. The lowest BCUT2D eigenvalue weighted by Crippen LogP contribution is -2.31. The van der Waals surface area contributed by atoms with Gasteiger partial charge in [0, 0.05) is 24.3 Å². The maximum absolute atomic E-state index is 11.7. The molecule has 1 aliphatic heterocycles. The van der Waals surface area contributed by atoms with Crippen molar-refractivity contribution in [2.45, 2.75) is 19.4 Å². The van der Waals surface area contributed by atoms with Crippen LogP contribution in [0.25, 0.3) is 0 Å². The smallest absolute Gasteiger partial charge is 0.244 e. The molecule has 16 heavy (non-hydrogen) atoms. The van der Waals surface area contributed by atoms with Gasteiger partial charge in [-0.25, -0.2) is 0 Å². The first-order valence-corrected chi connectivity index (χ1v) is 5.73. The molecule has 1 heterocycles. The fourth-order valence-electron chi connectivity index (χ4n) is 1.89. The highest BCUT2D eigenvalue weighted by molar-refractivity contribution is 6.30. The van der Waals surface area contributed by atoms with Crippen LogP contribution in [0.5, 0.6) is 0 Å². The Kier molecular flexibility index (Phi) is 3.06. The van der Waals surface area contributed by atoms with E-state index in [4.69, 9.17) is 11.6 Å². The molecule has 1 aromatic rings. The van der Waals surface area contributed by atoms with E-state index in [-0.39, 0.29) is 11.9 Å². The van der Waals surface area contributed by atoms with Crippen molar-refractivity contribution in [3.63, 3.8) is 0 Å². The van der Waals surface area contributed by atoms with Gasteiger partial charge >= 0.3 is 0 Å². The van der Waals surface area contributed by atoms with Gasteiger partial charge in [0.2, 0.25) is 5.91 Å². The van der Waals surface area contributed by atoms with E-state index in [1.54, 1.807) is 4.90 Å². The molecular formula is C12H15ClN2O. The molecule has 1 fully saturated rings. The topological polar surface area (TPSA) is 32.3 Å². The highest BCUT2D eigenvalue weighted by Crippen LogP contribution is 2.23. The third-order valence-corrected chi connectivity index (χ3v) is 3.19. The molecule has 4 heteroatoms. The quantitative estimate of drug-likeness (QED) is 0.858. The molecule has 0 aliphatic carbocycles. The number of nitrogens with one attached hydrogen (secondary N) is 1. The first-order chi connectivity index (χ1) is 7.58. The van der Waals surface area contributed by atoms with E-state index in [1.807, 2.05) is 32.2 Å². The summed E-state index contributed by atoms with van der Waals surface area (Å²) in [6.45, 7) is 2.82. The van der Waals surface area contributed by atoms with Gasteiger partial charge in [-0.1, -0.05) is 17.7 Å². The average Bonchev–Trinajstić information content (AvgIpc) is 2.55. The number of likely N-dealkylation sites (N-methyl/N-ethyl adjacent to an activating group) is 1. The second-order valence-electron chi connectivity index (χ2n) is 4.20. The first-order valence-electron chi connectivity index (χ1n) is 5.35. The van der Waals surface area contributed by atoms with E-state index in [0.29, 0.717) is 5.02 Å². The molecule has 1 N–H and O–H groups in total. The van der Waals surface area contributed by atoms with Crippen molar-refractivity contribution in [1.82, 2.24) is 4.90 Å². The second kappa shape index (κ2) is 4.34. The zero-order chi connectivity index (χ0) is 11.7. The van der Waals surface area contributed by atoms with E-state index in [1.165, 1.54) is 0 Å². The van der Waals surface area contributed by atoms with Gasteiger partial charge in [0.15, 0.2) is 0 Å². The minimum Gasteiger partial charge on any atom is -0.373 e. The molecule has 1 saturated heterocycles. The van der Waals surface area contributed by atoms with E-state index < -0.39 is 0 Å². The summed E-state index contributed by atoms with van der Waals surface area (Å²) >= 11 is 5.93. The van der Waals surface area contributed by atoms with E-state index >= 15 is 0 Å². The summed E-state index contributed by atoms with van der Waals surface area (Å²) in [6, 6.07) is 5.56. The molecule has 3 nitrogen and oxygen atoms in total. The van der Waals surface area contributed by atoms with Crippen LogP contribution >= 0.6 is 11.6 Å². The molecule has 2 rings (SSSR count). The summed E-state index contributed by atoms with van der Waals surface area (Å²) in [5, 5.41) is 3.94. The van der Waals surface area contributed by atoms with Crippen molar-refractivity contribution < 1.29 is 4.79 Å². The Morgan fingerprint density at radius 1 is 1.50 bits per heavy atom. The highest BCUT2D eigenvalue weighted by atomic mass is 35.5. The van der Waals surface area contributed by atoms with Crippen LogP contribution in [0, 0.1) is 6.92 Å². The van der Waals surface area contributed by atoms with Crippen LogP contribution in [0.1, 0.15) is 12.0 Å². The van der Waals surface area contributed by atoms with Gasteiger partial charge in [-0.15, -0.1) is 0 Å². The van der Waals surface area contributed by atoms with Gasteiger partial charge in [-0.2, -0.15) is 0 Å². The molecule has 0 saturated carbocycles. The third kappa shape index (κ3) is 2.14. The Morgan fingerprint density at radius 2 is 2.25 bits per heavy atom. The Bertz CT molecular complexity index is 419. The van der Waals surface area contributed by atoms with Gasteiger partial charge in [0.25, 0.3) is 0 Å². The normalized spacial score (nSPS) is 20.3. The molecule has 0 spiro atoms. The standard InChI is InChI=1S/C12H15ClN2O/c1-8-3-4-9(13)7-11(8)14-10-5-6-15(2)12(10)16/h3-4,7,10,14H,5-6H2,1-2H3. The molecule has 1 unspecified atom stereocenters. The van der Waals surface area contributed by atoms with Gasteiger partial charge in [0.05, 0.1) is 0 Å². The second-order valence-corrected chi connectivity index (χ2v) is 4.64. The number of hydrogen-bond donors (Lipinski definition) is 1. The Labute approximate surface area is 100 Å². The Hall–Kier alpha value is -1.22. The van der Waals surface area contributed by atoms with E-state index in [2.05, 4.69) is 5.32 Å². The summed E-state index contributed by atoms with van der Waals surface area (Å²) < 4.78 is 0. The van der Waals surface area contributed by atoms with Crippen molar-refractivity contribution in [1.29, 1.82) is 0 Å². The number of benzene rings is 1. The fourth-order valence-corrected chi connectivity index (χ4v) is 2.07. The summed E-state index contributed by atoms with van der Waals surface area (Å²) in [4.78, 5) is 13.5. The monoisotopic (exact) mass is 238 g/mol. The molecule has 0 bridgehead atoms. The summed E-state index contributed by atoms with van der Waals surface area (Å²) in [6.07, 6.45) is 0.848. The lowest BCUT2D eigenvalue weighted by molar-refractivity contribution is -0.127. The molecule has 1 amide bonds. The number of aryl methyl sites for hydroxylation is 1. The van der Waals surface area contributed by atoms with Crippen LogP contribution in [-0.4, -0.2) is 30.4 Å². The van der Waals surface area contributed by atoms with Crippen LogP contribution in [0.15, 0.2) is 18.2 Å². The van der Waals surface area contributed by atoms with Crippen molar-refractivity contribution in [2.24, 2.45) is 0 Å². The van der Waals surface area contributed by atoms with Gasteiger partial charge in [-0.05, 0) is 31.0 Å². The maximum Gasteiger partial charge on any atom is 0.244 e. The number of likely N-dealkylation sites (tertiary alicyclic amines) is 1. The predicted octanol–water partition coefficient (Wildman–Crippen LogP) is 2.29. The number of hydrogen-bond acceptors (Lipinski definition) is 2. The van der Waals surface area contributed by atoms with Crippen LogP contribution in [0.2, 0.25) is 5.02 Å². The lowest BCUT2D eigenvalue weighted by atomic mass is 10.1. The largest absolute Gasteiger partial charge is 0.373 e. The molecular weight excluding hydrogens is 224 g/mol. The number of halogens is 1. The molecule has 1 aliphatic rings. The molecule has 86 valence electrons. The van der Waals surface area contributed by atoms with Crippen LogP contribution in [-0.2, 0) is 4.79 Å². The fraction of sp³-hybridized carbons (Fsp3) is 0.417. The maximum atomic E-state index is 11.7. The van der Waals surface area contributed by atoms with Gasteiger partial charge in [0.1, 0.15) is 6.04 Å². The van der Waals surface area contributed by atoms with E-state index in [9.17, 15) is 4.79 Å². The lowest BCUT2D eigenvalue weighted by Gasteiger charge is -2.15. The summed E-state index contributed by atoms with van der Waals surface area (Å²) in [5.41, 5.74) is 2.05. The van der Waals surface area contributed by atoms with Gasteiger partial charge in [-0.3, -0.25) is 4.79 Å². The SMILES string of the molecule is Cc1ccc(Cl)cc1NC1CCN(C)C1=O. The highest BCUT2D eigenvalue weighted by Gasteiger charge is 2.28. The number of carbonyl (C=O) groups excluding carboxylic acids is 1. The summed E-state index contributed by atoms with van der Waals surface area (Å²) in [7, 11) is 1.83. The summed E-state index contributed by atoms with van der Waals surface area (Å²) in [5.74, 6) is 0.152. The first kappa shape index (κ1) is 11.3. The minimum atomic E-state index is -0.109. The predicted molar refractivity (Wildman–Crippen MR) is 65.9 cm³/mol. The van der Waals surface area contributed by atoms with Gasteiger partial charge < -0.3 is 10.2 Å². The number of anilines is 1. The molecule has 0 aromatic heterocycles. The average molecular weight is 239 g/mol. The Balaban J connectivity index is 2.15. The molecule has 1 aromatic carbocycles. The number of nitrogens with zero attached hydrogens (tertiary/aromatic N) is 1. The van der Waals surface area contributed by atoms with Crippen molar-refractivity contribution in [2.75, 3.05) is 18.9 Å². The molecule has 1 atom stereocenters. The third-order valence-electron chi connectivity index (χ3n) is 2.96. The van der Waals surface area contributed by atoms with Crippen LogP contribution in [0.3, 0.4) is 0 Å². The van der Waals surface area contributed by atoms with Crippen LogP contribution in [0.4, 0.5) is 5.69 Å². The zero-order valence-corrected chi connectivity index (χ0v) is 10.2. The number of amides is 1. The van der Waals surface area contributed by atoms with Crippen molar-refractivity contribution in [3.05, 3.63) is 28.8 Å². The number of carbonyl (C=O) groups is 1. The van der Waals surface area contributed by atoms with Crippen molar-refractivity contribution >= 4 is 23.2 Å². The number of rotatable bonds is 2. The van der Waals surface area contributed by atoms with Crippen LogP contribution < -0.4 is 5.32 Å². The van der Waals surface area contributed by atoms with Crippen molar-refractivity contribution in [3.8, 4) is 0 Å². The Morgan fingerprint density at radius 3 is 2.88 bits per heavy atom. The van der Waals surface area contributed by atoms with E-state index in [0.717, 1.165) is 24.2 Å². The zero-order valence-electron chi connectivity index (χ0n) is 9.46.